The Morgan fingerprint density at radius 1 is 1.29 bits per heavy atom. The molecule has 0 unspecified atom stereocenters. The summed E-state index contributed by atoms with van der Waals surface area (Å²) in [5.74, 6) is -0.476. The first-order valence-corrected chi connectivity index (χ1v) is 7.81. The first-order chi connectivity index (χ1) is 9.95. The SMILES string of the molecule is Cc1cc(O[C@H](Cc2ccc(I)cc2)C(=O)O)ccc1Cl. The zero-order valence-corrected chi connectivity index (χ0v) is 14.3. The van der Waals surface area contributed by atoms with E-state index in [9.17, 15) is 9.90 Å². The van der Waals surface area contributed by atoms with Crippen LogP contribution in [-0.2, 0) is 11.2 Å². The van der Waals surface area contributed by atoms with Crippen LogP contribution in [0.4, 0.5) is 0 Å². The normalized spacial score (nSPS) is 12.0. The lowest BCUT2D eigenvalue weighted by Crippen LogP contribution is -2.29. The maximum atomic E-state index is 11.4. The third-order valence-electron chi connectivity index (χ3n) is 3.02. The summed E-state index contributed by atoms with van der Waals surface area (Å²) in [4.78, 5) is 11.4. The predicted octanol–water partition coefficient (Wildman–Crippen LogP) is 4.33. The van der Waals surface area contributed by atoms with Crippen LogP contribution in [-0.4, -0.2) is 17.2 Å². The van der Waals surface area contributed by atoms with Gasteiger partial charge >= 0.3 is 5.97 Å². The van der Waals surface area contributed by atoms with Crippen LogP contribution < -0.4 is 4.74 Å². The maximum Gasteiger partial charge on any atom is 0.345 e. The molecule has 0 amide bonds. The highest BCUT2D eigenvalue weighted by molar-refractivity contribution is 14.1. The second kappa shape index (κ2) is 7.13. The van der Waals surface area contributed by atoms with Crippen molar-refractivity contribution in [3.63, 3.8) is 0 Å². The number of carboxylic acid groups (broad SMARTS) is 1. The van der Waals surface area contributed by atoms with E-state index in [1.54, 1.807) is 18.2 Å². The van der Waals surface area contributed by atoms with Gasteiger partial charge in [0.15, 0.2) is 6.10 Å². The summed E-state index contributed by atoms with van der Waals surface area (Å²) in [5, 5.41) is 9.95. The molecule has 110 valence electrons. The highest BCUT2D eigenvalue weighted by Gasteiger charge is 2.20. The van der Waals surface area contributed by atoms with Crippen LogP contribution in [0.1, 0.15) is 11.1 Å². The van der Waals surface area contributed by atoms with E-state index >= 15 is 0 Å². The molecule has 0 heterocycles. The summed E-state index contributed by atoms with van der Waals surface area (Å²) >= 11 is 8.16. The number of hydrogen-bond acceptors (Lipinski definition) is 2. The van der Waals surface area contributed by atoms with E-state index < -0.39 is 12.1 Å². The minimum Gasteiger partial charge on any atom is -0.478 e. The molecule has 0 aliphatic rings. The molecule has 2 aromatic rings. The zero-order chi connectivity index (χ0) is 15.4. The average Bonchev–Trinajstić information content (AvgIpc) is 2.44. The molecule has 1 atom stereocenters. The maximum absolute atomic E-state index is 11.4. The summed E-state index contributed by atoms with van der Waals surface area (Å²) in [7, 11) is 0. The molecule has 0 bridgehead atoms. The van der Waals surface area contributed by atoms with Crippen LogP contribution in [0.15, 0.2) is 42.5 Å². The Labute approximate surface area is 142 Å². The molecule has 0 saturated carbocycles. The van der Waals surface area contributed by atoms with Crippen LogP contribution in [0.5, 0.6) is 5.75 Å². The smallest absolute Gasteiger partial charge is 0.345 e. The van der Waals surface area contributed by atoms with Gasteiger partial charge in [0.1, 0.15) is 5.75 Å². The highest BCUT2D eigenvalue weighted by Crippen LogP contribution is 2.22. The van der Waals surface area contributed by atoms with Gasteiger partial charge in [0.05, 0.1) is 0 Å². The van der Waals surface area contributed by atoms with E-state index in [1.165, 1.54) is 0 Å². The molecule has 0 aliphatic carbocycles. The highest BCUT2D eigenvalue weighted by atomic mass is 127. The van der Waals surface area contributed by atoms with Gasteiger partial charge in [-0.3, -0.25) is 0 Å². The number of benzene rings is 2. The summed E-state index contributed by atoms with van der Waals surface area (Å²) in [6, 6.07) is 12.8. The quantitative estimate of drug-likeness (QED) is 0.738. The van der Waals surface area contributed by atoms with Crippen molar-refractivity contribution in [3.05, 3.63) is 62.2 Å². The fourth-order valence-corrected chi connectivity index (χ4v) is 2.35. The lowest BCUT2D eigenvalue weighted by atomic mass is 10.1. The van der Waals surface area contributed by atoms with E-state index in [2.05, 4.69) is 22.6 Å². The van der Waals surface area contributed by atoms with Crippen molar-refractivity contribution in [2.75, 3.05) is 0 Å². The van der Waals surface area contributed by atoms with E-state index in [0.717, 1.165) is 14.7 Å². The van der Waals surface area contributed by atoms with Crippen molar-refractivity contribution in [2.45, 2.75) is 19.4 Å². The molecular formula is C16H14ClIO3. The average molecular weight is 417 g/mol. The van der Waals surface area contributed by atoms with Gasteiger partial charge in [-0.25, -0.2) is 4.79 Å². The predicted molar refractivity (Wildman–Crippen MR) is 91.1 cm³/mol. The molecular weight excluding hydrogens is 403 g/mol. The third kappa shape index (κ3) is 4.61. The summed E-state index contributed by atoms with van der Waals surface area (Å²) in [6.07, 6.45) is -0.612. The van der Waals surface area contributed by atoms with E-state index in [4.69, 9.17) is 16.3 Å². The van der Waals surface area contributed by atoms with E-state index in [1.807, 2.05) is 31.2 Å². The molecule has 5 heteroatoms. The molecule has 0 aromatic heterocycles. The Hall–Kier alpha value is -1.27. The minimum atomic E-state index is -0.985. The Bertz CT molecular complexity index is 640. The van der Waals surface area contributed by atoms with Crippen LogP contribution >= 0.6 is 34.2 Å². The van der Waals surface area contributed by atoms with Gasteiger partial charge in [-0.1, -0.05) is 23.7 Å². The monoisotopic (exact) mass is 416 g/mol. The number of ether oxygens (including phenoxy) is 1. The van der Waals surface area contributed by atoms with Gasteiger partial charge in [0.2, 0.25) is 0 Å². The Balaban J connectivity index is 2.13. The molecule has 2 rings (SSSR count). The molecule has 0 spiro atoms. The van der Waals surface area contributed by atoms with Crippen molar-refractivity contribution >= 4 is 40.2 Å². The number of aryl methyl sites for hydroxylation is 1. The van der Waals surface area contributed by atoms with Gasteiger partial charge in [0.25, 0.3) is 0 Å². The first kappa shape index (κ1) is 16.1. The van der Waals surface area contributed by atoms with Gasteiger partial charge < -0.3 is 9.84 Å². The Kier molecular flexibility index (Phi) is 5.47. The van der Waals surface area contributed by atoms with Crippen molar-refractivity contribution < 1.29 is 14.6 Å². The number of rotatable bonds is 5. The Morgan fingerprint density at radius 2 is 1.95 bits per heavy atom. The fourth-order valence-electron chi connectivity index (χ4n) is 1.87. The standard InChI is InChI=1S/C16H14ClIO3/c1-10-8-13(6-7-14(10)17)21-15(16(19)20)9-11-2-4-12(18)5-3-11/h2-8,15H,9H2,1H3,(H,19,20)/t15-/m1/s1. The second-order valence-electron chi connectivity index (χ2n) is 4.69. The van der Waals surface area contributed by atoms with Crippen molar-refractivity contribution in [2.24, 2.45) is 0 Å². The van der Waals surface area contributed by atoms with E-state index in [0.29, 0.717) is 17.2 Å². The van der Waals surface area contributed by atoms with Crippen LogP contribution in [0, 0.1) is 10.5 Å². The second-order valence-corrected chi connectivity index (χ2v) is 6.34. The number of carboxylic acids is 1. The largest absolute Gasteiger partial charge is 0.478 e. The summed E-state index contributed by atoms with van der Waals surface area (Å²) in [6.45, 7) is 1.85. The molecule has 3 nitrogen and oxygen atoms in total. The third-order valence-corrected chi connectivity index (χ3v) is 4.16. The zero-order valence-electron chi connectivity index (χ0n) is 11.3. The molecule has 0 radical (unpaired) electrons. The summed E-state index contributed by atoms with van der Waals surface area (Å²) < 4.78 is 6.69. The number of halogens is 2. The molecule has 0 saturated heterocycles. The van der Waals surface area contributed by atoms with Crippen molar-refractivity contribution in [1.29, 1.82) is 0 Å². The Morgan fingerprint density at radius 3 is 2.52 bits per heavy atom. The van der Waals surface area contributed by atoms with Crippen LogP contribution in [0.25, 0.3) is 0 Å². The van der Waals surface area contributed by atoms with Crippen LogP contribution in [0.2, 0.25) is 5.02 Å². The number of carbonyl (C=O) groups is 1. The van der Waals surface area contributed by atoms with Crippen molar-refractivity contribution in [1.82, 2.24) is 0 Å². The van der Waals surface area contributed by atoms with Crippen molar-refractivity contribution in [3.8, 4) is 5.75 Å². The molecule has 0 fully saturated rings. The minimum absolute atomic E-state index is 0.313. The molecule has 2 aromatic carbocycles. The van der Waals surface area contributed by atoms with Gasteiger partial charge in [-0.05, 0) is 71.0 Å². The lowest BCUT2D eigenvalue weighted by Gasteiger charge is -2.16. The van der Waals surface area contributed by atoms with Gasteiger partial charge in [0, 0.05) is 15.0 Å². The van der Waals surface area contributed by atoms with E-state index in [-0.39, 0.29) is 0 Å². The molecule has 21 heavy (non-hydrogen) atoms. The topological polar surface area (TPSA) is 46.5 Å². The lowest BCUT2D eigenvalue weighted by molar-refractivity contribution is -0.145. The van der Waals surface area contributed by atoms with Gasteiger partial charge in [-0.15, -0.1) is 0 Å². The van der Waals surface area contributed by atoms with Crippen LogP contribution in [0.3, 0.4) is 0 Å². The number of aliphatic carboxylic acids is 1. The first-order valence-electron chi connectivity index (χ1n) is 6.36. The van der Waals surface area contributed by atoms with Gasteiger partial charge in [-0.2, -0.15) is 0 Å². The fraction of sp³-hybridized carbons (Fsp3) is 0.188. The molecule has 0 aliphatic heterocycles. The number of hydrogen-bond donors (Lipinski definition) is 1. The molecule has 1 N–H and O–H groups in total. The summed E-state index contributed by atoms with van der Waals surface area (Å²) in [5.41, 5.74) is 1.78.